The van der Waals surface area contributed by atoms with E-state index in [1.165, 1.54) is 5.56 Å². The average molecular weight is 243 g/mol. The summed E-state index contributed by atoms with van der Waals surface area (Å²) >= 11 is 3.06. The van der Waals surface area contributed by atoms with Gasteiger partial charge < -0.3 is 0 Å². The molecule has 0 atom stereocenters. The number of hydrogen-bond acceptors (Lipinski definition) is 0. The van der Waals surface area contributed by atoms with Crippen LogP contribution in [0.5, 0.6) is 0 Å². The van der Waals surface area contributed by atoms with Crippen molar-refractivity contribution in [3.63, 3.8) is 0 Å². The molecule has 1 aromatic carbocycles. The van der Waals surface area contributed by atoms with Crippen LogP contribution in [0.4, 0.5) is 4.39 Å². The standard InChI is InChI=1S/C11H12BrF/c12-9-11(13)8-4-7-10-5-2-1-3-6-10/h1-3,5-6,8H,4,7,9H2/b11-8-. The van der Waals surface area contributed by atoms with Gasteiger partial charge in [0.2, 0.25) is 0 Å². The first-order chi connectivity index (χ1) is 6.33. The Hall–Kier alpha value is -0.630. The first-order valence-electron chi connectivity index (χ1n) is 4.27. The second kappa shape index (κ2) is 5.92. The van der Waals surface area contributed by atoms with Gasteiger partial charge in [0, 0.05) is 0 Å². The lowest BCUT2D eigenvalue weighted by molar-refractivity contribution is 0.638. The molecular formula is C11H12BrF. The third-order valence-electron chi connectivity index (χ3n) is 1.77. The summed E-state index contributed by atoms with van der Waals surface area (Å²) < 4.78 is 12.6. The summed E-state index contributed by atoms with van der Waals surface area (Å²) in [5.41, 5.74) is 1.25. The van der Waals surface area contributed by atoms with Crippen molar-refractivity contribution < 1.29 is 4.39 Å². The summed E-state index contributed by atoms with van der Waals surface area (Å²) in [7, 11) is 0. The Labute approximate surface area is 86.6 Å². The molecule has 0 saturated heterocycles. The molecule has 70 valence electrons. The number of allylic oxidation sites excluding steroid dienone is 2. The van der Waals surface area contributed by atoms with Gasteiger partial charge >= 0.3 is 0 Å². The van der Waals surface area contributed by atoms with E-state index < -0.39 is 0 Å². The lowest BCUT2D eigenvalue weighted by Gasteiger charge is -1.96. The van der Waals surface area contributed by atoms with Crippen molar-refractivity contribution in [3.8, 4) is 0 Å². The Kier molecular flexibility index (Phi) is 4.76. The number of halogens is 2. The quantitative estimate of drug-likeness (QED) is 0.704. The van der Waals surface area contributed by atoms with E-state index in [4.69, 9.17) is 0 Å². The fourth-order valence-corrected chi connectivity index (χ4v) is 1.32. The van der Waals surface area contributed by atoms with E-state index >= 15 is 0 Å². The number of rotatable bonds is 4. The predicted octanol–water partition coefficient (Wildman–Crippen LogP) is 3.87. The average Bonchev–Trinajstić information content (AvgIpc) is 2.19. The number of hydrogen-bond donors (Lipinski definition) is 0. The normalized spacial score (nSPS) is 11.7. The van der Waals surface area contributed by atoms with E-state index in [0.717, 1.165) is 12.8 Å². The van der Waals surface area contributed by atoms with Gasteiger partial charge in [0.1, 0.15) is 5.83 Å². The van der Waals surface area contributed by atoms with Crippen LogP contribution in [0.25, 0.3) is 0 Å². The van der Waals surface area contributed by atoms with E-state index in [9.17, 15) is 4.39 Å². The fraction of sp³-hybridized carbons (Fsp3) is 0.273. The molecule has 0 spiro atoms. The second-order valence-corrected chi connectivity index (χ2v) is 3.37. The SMILES string of the molecule is F/C(=C\CCc1ccccc1)CBr. The Morgan fingerprint density at radius 2 is 2.00 bits per heavy atom. The van der Waals surface area contributed by atoms with Crippen LogP contribution in [0.3, 0.4) is 0 Å². The summed E-state index contributed by atoms with van der Waals surface area (Å²) in [4.78, 5) is 0. The minimum atomic E-state index is -0.0871. The van der Waals surface area contributed by atoms with Crippen molar-refractivity contribution in [2.75, 3.05) is 5.33 Å². The van der Waals surface area contributed by atoms with Gasteiger partial charge in [0.15, 0.2) is 0 Å². The van der Waals surface area contributed by atoms with Crippen molar-refractivity contribution >= 4 is 15.9 Å². The van der Waals surface area contributed by atoms with E-state index in [-0.39, 0.29) is 5.83 Å². The maximum Gasteiger partial charge on any atom is 0.106 e. The highest BCUT2D eigenvalue weighted by molar-refractivity contribution is 9.09. The summed E-state index contributed by atoms with van der Waals surface area (Å²) in [6, 6.07) is 10.1. The third-order valence-corrected chi connectivity index (χ3v) is 2.31. The lowest BCUT2D eigenvalue weighted by Crippen LogP contribution is -1.83. The Morgan fingerprint density at radius 3 is 2.62 bits per heavy atom. The zero-order valence-electron chi connectivity index (χ0n) is 7.34. The molecule has 0 saturated carbocycles. The van der Waals surface area contributed by atoms with Crippen molar-refractivity contribution in [2.45, 2.75) is 12.8 Å². The summed E-state index contributed by atoms with van der Waals surface area (Å²) in [5, 5.41) is 0.321. The highest BCUT2D eigenvalue weighted by Crippen LogP contribution is 2.07. The molecule has 0 radical (unpaired) electrons. The zero-order valence-corrected chi connectivity index (χ0v) is 8.93. The largest absolute Gasteiger partial charge is 0.211 e. The lowest BCUT2D eigenvalue weighted by atomic mass is 10.1. The van der Waals surface area contributed by atoms with Gasteiger partial charge in [-0.15, -0.1) is 0 Å². The molecule has 0 aliphatic carbocycles. The van der Waals surface area contributed by atoms with Crippen LogP contribution in [0.2, 0.25) is 0 Å². The Balaban J connectivity index is 2.36. The summed E-state index contributed by atoms with van der Waals surface area (Å²) in [5.74, 6) is -0.0871. The van der Waals surface area contributed by atoms with Crippen molar-refractivity contribution in [3.05, 3.63) is 47.8 Å². The summed E-state index contributed by atoms with van der Waals surface area (Å²) in [6.45, 7) is 0. The Bertz CT molecular complexity index is 267. The topological polar surface area (TPSA) is 0 Å². The van der Waals surface area contributed by atoms with Crippen LogP contribution >= 0.6 is 15.9 Å². The molecule has 1 aromatic rings. The molecule has 0 bridgehead atoms. The first kappa shape index (κ1) is 10.5. The van der Waals surface area contributed by atoms with Gasteiger partial charge in [-0.1, -0.05) is 52.3 Å². The van der Waals surface area contributed by atoms with Crippen LogP contribution in [0, 0.1) is 0 Å². The maximum absolute atomic E-state index is 12.6. The number of alkyl halides is 1. The molecular weight excluding hydrogens is 231 g/mol. The van der Waals surface area contributed by atoms with Gasteiger partial charge in [-0.25, -0.2) is 4.39 Å². The van der Waals surface area contributed by atoms with Crippen LogP contribution in [-0.4, -0.2) is 5.33 Å². The van der Waals surface area contributed by atoms with Crippen LogP contribution in [-0.2, 0) is 6.42 Å². The van der Waals surface area contributed by atoms with Crippen molar-refractivity contribution in [2.24, 2.45) is 0 Å². The minimum absolute atomic E-state index is 0.0871. The highest BCUT2D eigenvalue weighted by Gasteiger charge is 1.92. The molecule has 0 heterocycles. The number of aryl methyl sites for hydroxylation is 1. The van der Waals surface area contributed by atoms with E-state index in [1.54, 1.807) is 6.08 Å². The monoisotopic (exact) mass is 242 g/mol. The molecule has 13 heavy (non-hydrogen) atoms. The van der Waals surface area contributed by atoms with Gasteiger partial charge in [0.05, 0.1) is 5.33 Å². The van der Waals surface area contributed by atoms with E-state index in [1.807, 2.05) is 18.2 Å². The maximum atomic E-state index is 12.6. The Morgan fingerprint density at radius 1 is 1.31 bits per heavy atom. The second-order valence-electron chi connectivity index (χ2n) is 2.81. The molecule has 0 aliphatic rings. The molecule has 0 aromatic heterocycles. The zero-order chi connectivity index (χ0) is 9.52. The van der Waals surface area contributed by atoms with Crippen LogP contribution < -0.4 is 0 Å². The molecule has 0 nitrogen and oxygen atoms in total. The molecule has 1 rings (SSSR count). The first-order valence-corrected chi connectivity index (χ1v) is 5.39. The summed E-state index contributed by atoms with van der Waals surface area (Å²) in [6.07, 6.45) is 3.30. The molecule has 0 amide bonds. The molecule has 0 fully saturated rings. The van der Waals surface area contributed by atoms with Gasteiger partial charge in [-0.3, -0.25) is 0 Å². The molecule has 0 unspecified atom stereocenters. The smallest absolute Gasteiger partial charge is 0.106 e. The fourth-order valence-electron chi connectivity index (χ4n) is 1.09. The van der Waals surface area contributed by atoms with Crippen molar-refractivity contribution in [1.82, 2.24) is 0 Å². The van der Waals surface area contributed by atoms with Gasteiger partial charge in [-0.05, 0) is 18.4 Å². The minimum Gasteiger partial charge on any atom is -0.211 e. The molecule has 2 heteroatoms. The third kappa shape index (κ3) is 4.23. The van der Waals surface area contributed by atoms with Crippen LogP contribution in [0.1, 0.15) is 12.0 Å². The van der Waals surface area contributed by atoms with E-state index in [0.29, 0.717) is 5.33 Å². The highest BCUT2D eigenvalue weighted by atomic mass is 79.9. The predicted molar refractivity (Wildman–Crippen MR) is 57.7 cm³/mol. The molecule has 0 N–H and O–H groups in total. The number of benzene rings is 1. The van der Waals surface area contributed by atoms with E-state index in [2.05, 4.69) is 28.1 Å². The van der Waals surface area contributed by atoms with Gasteiger partial charge in [-0.2, -0.15) is 0 Å². The molecule has 0 aliphatic heterocycles. The van der Waals surface area contributed by atoms with Gasteiger partial charge in [0.25, 0.3) is 0 Å². The van der Waals surface area contributed by atoms with Crippen LogP contribution in [0.15, 0.2) is 42.2 Å². The van der Waals surface area contributed by atoms with Crippen molar-refractivity contribution in [1.29, 1.82) is 0 Å².